The first kappa shape index (κ1) is 11.2. The summed E-state index contributed by atoms with van der Waals surface area (Å²) in [4.78, 5) is 3.06. The Morgan fingerprint density at radius 3 is 2.57 bits per heavy atom. The quantitative estimate of drug-likeness (QED) is 0.529. The van der Waals surface area contributed by atoms with Gasteiger partial charge in [-0.2, -0.15) is 0 Å². The van der Waals surface area contributed by atoms with E-state index in [0.29, 0.717) is 13.0 Å². The van der Waals surface area contributed by atoms with Crippen LogP contribution in [-0.2, 0) is 6.54 Å². The van der Waals surface area contributed by atoms with Crippen LogP contribution in [0.15, 0.2) is 18.3 Å². The number of rotatable bonds is 6. The number of hydrogen-bond donors (Lipinski definition) is 4. The Kier molecular flexibility index (Phi) is 4.13. The van der Waals surface area contributed by atoms with E-state index in [0.717, 1.165) is 5.69 Å². The van der Waals surface area contributed by atoms with Gasteiger partial charge in [-0.05, 0) is 18.6 Å². The zero-order valence-electron chi connectivity index (χ0n) is 8.45. The van der Waals surface area contributed by atoms with Crippen molar-refractivity contribution in [3.8, 4) is 0 Å². The maximum absolute atomic E-state index is 9.17. The second-order valence-electron chi connectivity index (χ2n) is 3.50. The van der Waals surface area contributed by atoms with Crippen LogP contribution in [0.5, 0.6) is 0 Å². The minimum atomic E-state index is -0.564. The summed E-state index contributed by atoms with van der Waals surface area (Å²) in [5.74, 6) is 0. The normalized spacial score (nSPS) is 11.9. The summed E-state index contributed by atoms with van der Waals surface area (Å²) in [7, 11) is 0. The molecular weight excluding hydrogens is 180 g/mol. The van der Waals surface area contributed by atoms with Gasteiger partial charge in [0.15, 0.2) is 0 Å². The summed E-state index contributed by atoms with van der Waals surface area (Å²) >= 11 is 0. The highest BCUT2D eigenvalue weighted by Gasteiger charge is 2.25. The molecule has 0 aromatic carbocycles. The standard InChI is InChI=1S/C10H18N2O2/c1-2-10(7-13,8-14)12-6-9-4-3-5-11-9/h3-5,11-14H,2,6-8H2,1H3. The van der Waals surface area contributed by atoms with Gasteiger partial charge in [-0.1, -0.05) is 6.92 Å². The lowest BCUT2D eigenvalue weighted by atomic mass is 9.98. The van der Waals surface area contributed by atoms with Crippen LogP contribution >= 0.6 is 0 Å². The van der Waals surface area contributed by atoms with Crippen molar-refractivity contribution in [3.63, 3.8) is 0 Å². The van der Waals surface area contributed by atoms with Gasteiger partial charge in [-0.25, -0.2) is 0 Å². The number of nitrogens with one attached hydrogen (secondary N) is 2. The Balaban J connectivity index is 2.48. The highest BCUT2D eigenvalue weighted by molar-refractivity contribution is 5.04. The van der Waals surface area contributed by atoms with Gasteiger partial charge in [-0.3, -0.25) is 0 Å². The van der Waals surface area contributed by atoms with Crippen LogP contribution in [0.1, 0.15) is 19.0 Å². The number of aliphatic hydroxyl groups excluding tert-OH is 2. The van der Waals surface area contributed by atoms with Crippen molar-refractivity contribution in [2.75, 3.05) is 13.2 Å². The van der Waals surface area contributed by atoms with E-state index in [1.54, 1.807) is 0 Å². The van der Waals surface area contributed by atoms with Gasteiger partial charge in [0.1, 0.15) is 0 Å². The third-order valence-electron chi connectivity index (χ3n) is 2.60. The minimum absolute atomic E-state index is 0.0549. The summed E-state index contributed by atoms with van der Waals surface area (Å²) < 4.78 is 0. The smallest absolute Gasteiger partial charge is 0.0648 e. The van der Waals surface area contributed by atoms with E-state index in [2.05, 4.69) is 10.3 Å². The van der Waals surface area contributed by atoms with Crippen molar-refractivity contribution in [1.29, 1.82) is 0 Å². The van der Waals surface area contributed by atoms with Gasteiger partial charge in [0, 0.05) is 18.4 Å². The predicted molar refractivity (Wildman–Crippen MR) is 54.8 cm³/mol. The maximum atomic E-state index is 9.17. The van der Waals surface area contributed by atoms with Crippen molar-refractivity contribution >= 4 is 0 Å². The first-order valence-corrected chi connectivity index (χ1v) is 4.85. The molecule has 0 unspecified atom stereocenters. The molecule has 0 amide bonds. The van der Waals surface area contributed by atoms with Gasteiger partial charge in [0.2, 0.25) is 0 Å². The van der Waals surface area contributed by atoms with E-state index >= 15 is 0 Å². The van der Waals surface area contributed by atoms with Gasteiger partial charge >= 0.3 is 0 Å². The molecule has 0 saturated carbocycles. The number of H-pyrrole nitrogens is 1. The monoisotopic (exact) mass is 198 g/mol. The summed E-state index contributed by atoms with van der Waals surface area (Å²) in [6, 6.07) is 3.88. The molecule has 0 saturated heterocycles. The number of aromatic amines is 1. The van der Waals surface area contributed by atoms with E-state index in [1.165, 1.54) is 0 Å². The topological polar surface area (TPSA) is 68.3 Å². The second kappa shape index (κ2) is 5.14. The Bertz CT molecular complexity index is 234. The van der Waals surface area contributed by atoms with Crippen molar-refractivity contribution in [2.45, 2.75) is 25.4 Å². The molecule has 1 aromatic heterocycles. The third kappa shape index (κ3) is 2.57. The average molecular weight is 198 g/mol. The minimum Gasteiger partial charge on any atom is -0.394 e. The summed E-state index contributed by atoms with van der Waals surface area (Å²) in [6.07, 6.45) is 2.54. The summed E-state index contributed by atoms with van der Waals surface area (Å²) in [5.41, 5.74) is 0.482. The molecule has 0 aliphatic rings. The van der Waals surface area contributed by atoms with Gasteiger partial charge in [0.25, 0.3) is 0 Å². The van der Waals surface area contributed by atoms with Gasteiger partial charge in [-0.15, -0.1) is 0 Å². The van der Waals surface area contributed by atoms with Crippen molar-refractivity contribution in [1.82, 2.24) is 10.3 Å². The van der Waals surface area contributed by atoms with E-state index in [1.807, 2.05) is 25.3 Å². The molecule has 0 fully saturated rings. The van der Waals surface area contributed by atoms with Crippen LogP contribution in [0.25, 0.3) is 0 Å². The highest BCUT2D eigenvalue weighted by Crippen LogP contribution is 2.09. The molecule has 1 heterocycles. The Labute approximate surface area is 84.0 Å². The predicted octanol–water partition coefficient (Wildman–Crippen LogP) is 0.238. The molecule has 0 atom stereocenters. The molecule has 14 heavy (non-hydrogen) atoms. The Morgan fingerprint density at radius 2 is 2.14 bits per heavy atom. The van der Waals surface area contributed by atoms with Crippen molar-refractivity contribution in [3.05, 3.63) is 24.0 Å². The first-order chi connectivity index (χ1) is 6.76. The van der Waals surface area contributed by atoms with Crippen LogP contribution in [0.3, 0.4) is 0 Å². The maximum Gasteiger partial charge on any atom is 0.0648 e. The highest BCUT2D eigenvalue weighted by atomic mass is 16.3. The fraction of sp³-hybridized carbons (Fsp3) is 0.600. The third-order valence-corrected chi connectivity index (χ3v) is 2.60. The largest absolute Gasteiger partial charge is 0.394 e. The van der Waals surface area contributed by atoms with Crippen LogP contribution in [0.4, 0.5) is 0 Å². The molecular formula is C10H18N2O2. The molecule has 4 nitrogen and oxygen atoms in total. The van der Waals surface area contributed by atoms with Crippen LogP contribution in [0.2, 0.25) is 0 Å². The molecule has 0 aliphatic carbocycles. The molecule has 4 heteroatoms. The number of aromatic nitrogens is 1. The molecule has 4 N–H and O–H groups in total. The van der Waals surface area contributed by atoms with Crippen molar-refractivity contribution < 1.29 is 10.2 Å². The van der Waals surface area contributed by atoms with Crippen molar-refractivity contribution in [2.24, 2.45) is 0 Å². The lowest BCUT2D eigenvalue weighted by Crippen LogP contribution is -2.50. The van der Waals surface area contributed by atoms with E-state index < -0.39 is 5.54 Å². The van der Waals surface area contributed by atoms with E-state index in [9.17, 15) is 10.2 Å². The molecule has 0 aliphatic heterocycles. The van der Waals surface area contributed by atoms with Crippen LogP contribution < -0.4 is 5.32 Å². The second-order valence-corrected chi connectivity index (χ2v) is 3.50. The summed E-state index contributed by atoms with van der Waals surface area (Å²) in [5, 5.41) is 21.5. The fourth-order valence-corrected chi connectivity index (χ4v) is 1.27. The van der Waals surface area contributed by atoms with E-state index in [-0.39, 0.29) is 13.2 Å². The lowest BCUT2D eigenvalue weighted by Gasteiger charge is -2.29. The Morgan fingerprint density at radius 1 is 1.43 bits per heavy atom. The fourth-order valence-electron chi connectivity index (χ4n) is 1.27. The molecule has 80 valence electrons. The zero-order chi connectivity index (χ0) is 10.4. The zero-order valence-corrected chi connectivity index (χ0v) is 8.45. The first-order valence-electron chi connectivity index (χ1n) is 4.85. The van der Waals surface area contributed by atoms with E-state index in [4.69, 9.17) is 0 Å². The lowest BCUT2D eigenvalue weighted by molar-refractivity contribution is 0.0861. The molecule has 0 radical (unpaired) electrons. The molecule has 0 spiro atoms. The SMILES string of the molecule is CCC(CO)(CO)NCc1ccc[nH]1. The van der Waals surface area contributed by atoms with Gasteiger partial charge in [0.05, 0.1) is 18.8 Å². The number of hydrogen-bond acceptors (Lipinski definition) is 3. The van der Waals surface area contributed by atoms with Crippen LogP contribution in [-0.4, -0.2) is 33.9 Å². The molecule has 1 rings (SSSR count). The molecule has 1 aromatic rings. The Hall–Kier alpha value is -0.840. The number of aliphatic hydroxyl groups is 2. The van der Waals surface area contributed by atoms with Gasteiger partial charge < -0.3 is 20.5 Å². The average Bonchev–Trinajstić information content (AvgIpc) is 2.74. The van der Waals surface area contributed by atoms with Crippen LogP contribution in [0, 0.1) is 0 Å². The molecule has 0 bridgehead atoms. The summed E-state index contributed by atoms with van der Waals surface area (Å²) in [6.45, 7) is 2.46.